The van der Waals surface area contributed by atoms with Crippen LogP contribution >= 0.6 is 15.9 Å². The van der Waals surface area contributed by atoms with Gasteiger partial charge in [0.15, 0.2) is 0 Å². The number of benzene rings is 1. The molecule has 0 bridgehead atoms. The summed E-state index contributed by atoms with van der Waals surface area (Å²) < 4.78 is 5.78. The number of carbonyl (C=O) groups excluding carboxylic acids is 1. The number of hydrazone groups is 1. The normalized spacial score (nSPS) is 11.2. The first-order chi connectivity index (χ1) is 8.08. The number of hydrogen-bond acceptors (Lipinski definition) is 3. The van der Waals surface area contributed by atoms with Crippen LogP contribution in [-0.4, -0.2) is 18.7 Å². The van der Waals surface area contributed by atoms with E-state index in [0.717, 1.165) is 12.1 Å². The molecule has 0 saturated carbocycles. The van der Waals surface area contributed by atoms with Crippen LogP contribution in [0.5, 0.6) is 5.75 Å². The molecule has 92 valence electrons. The number of nitrogens with one attached hydrogen (secondary N) is 1. The SMILES string of the molecule is CC/C(C)=N/NC(=O)c1cc(OC)ccc1Br. The van der Waals surface area contributed by atoms with Crippen LogP contribution in [0.25, 0.3) is 0 Å². The molecule has 0 unspecified atom stereocenters. The van der Waals surface area contributed by atoms with Crippen molar-refractivity contribution in [2.24, 2.45) is 5.10 Å². The van der Waals surface area contributed by atoms with Crippen molar-refractivity contribution in [3.63, 3.8) is 0 Å². The van der Waals surface area contributed by atoms with E-state index in [9.17, 15) is 4.79 Å². The summed E-state index contributed by atoms with van der Waals surface area (Å²) in [6, 6.07) is 5.21. The van der Waals surface area contributed by atoms with E-state index in [4.69, 9.17) is 4.74 Å². The lowest BCUT2D eigenvalue weighted by Crippen LogP contribution is -2.19. The van der Waals surface area contributed by atoms with Crippen LogP contribution in [0.1, 0.15) is 30.6 Å². The first-order valence-electron chi connectivity index (χ1n) is 5.25. The molecule has 1 aromatic carbocycles. The molecule has 1 rings (SSSR count). The van der Waals surface area contributed by atoms with Crippen molar-refractivity contribution < 1.29 is 9.53 Å². The average molecular weight is 299 g/mol. The van der Waals surface area contributed by atoms with Gasteiger partial charge in [-0.3, -0.25) is 4.79 Å². The highest BCUT2D eigenvalue weighted by molar-refractivity contribution is 9.10. The summed E-state index contributed by atoms with van der Waals surface area (Å²) in [7, 11) is 1.56. The lowest BCUT2D eigenvalue weighted by Gasteiger charge is -2.06. The summed E-state index contributed by atoms with van der Waals surface area (Å²) in [6.07, 6.45) is 0.805. The molecule has 0 spiro atoms. The molecule has 5 heteroatoms. The van der Waals surface area contributed by atoms with Crippen LogP contribution in [0.3, 0.4) is 0 Å². The molecule has 0 saturated heterocycles. The number of carbonyl (C=O) groups is 1. The number of methoxy groups -OCH3 is 1. The van der Waals surface area contributed by atoms with Gasteiger partial charge in [-0.25, -0.2) is 5.43 Å². The van der Waals surface area contributed by atoms with E-state index < -0.39 is 0 Å². The number of ether oxygens (including phenoxy) is 1. The zero-order valence-electron chi connectivity index (χ0n) is 10.1. The van der Waals surface area contributed by atoms with Crippen molar-refractivity contribution in [2.75, 3.05) is 7.11 Å². The minimum Gasteiger partial charge on any atom is -0.497 e. The Hall–Kier alpha value is -1.36. The molecule has 1 N–H and O–H groups in total. The lowest BCUT2D eigenvalue weighted by atomic mass is 10.2. The van der Waals surface area contributed by atoms with E-state index in [1.165, 1.54) is 0 Å². The van der Waals surface area contributed by atoms with Crippen LogP contribution in [0.4, 0.5) is 0 Å². The molecule has 0 aliphatic rings. The van der Waals surface area contributed by atoms with Gasteiger partial charge in [-0.2, -0.15) is 5.10 Å². The molecular weight excluding hydrogens is 284 g/mol. The lowest BCUT2D eigenvalue weighted by molar-refractivity contribution is 0.0953. The summed E-state index contributed by atoms with van der Waals surface area (Å²) in [5.41, 5.74) is 3.88. The second-order valence-corrected chi connectivity index (χ2v) is 4.34. The molecule has 4 nitrogen and oxygen atoms in total. The zero-order chi connectivity index (χ0) is 12.8. The van der Waals surface area contributed by atoms with Gasteiger partial charge in [-0.05, 0) is 47.5 Å². The summed E-state index contributed by atoms with van der Waals surface area (Å²) in [5.74, 6) is 0.373. The van der Waals surface area contributed by atoms with E-state index >= 15 is 0 Å². The fourth-order valence-electron chi connectivity index (χ4n) is 1.09. The molecule has 17 heavy (non-hydrogen) atoms. The summed E-state index contributed by atoms with van der Waals surface area (Å²) in [6.45, 7) is 3.84. The van der Waals surface area contributed by atoms with Crippen molar-refractivity contribution in [3.05, 3.63) is 28.2 Å². The molecule has 0 aliphatic carbocycles. The Morgan fingerprint density at radius 2 is 2.24 bits per heavy atom. The zero-order valence-corrected chi connectivity index (χ0v) is 11.7. The highest BCUT2D eigenvalue weighted by atomic mass is 79.9. The van der Waals surface area contributed by atoms with Crippen LogP contribution < -0.4 is 10.2 Å². The minimum atomic E-state index is -0.261. The van der Waals surface area contributed by atoms with E-state index in [-0.39, 0.29) is 5.91 Å². The van der Waals surface area contributed by atoms with E-state index in [2.05, 4.69) is 26.5 Å². The smallest absolute Gasteiger partial charge is 0.272 e. The monoisotopic (exact) mass is 298 g/mol. The fourth-order valence-corrected chi connectivity index (χ4v) is 1.52. The Bertz CT molecular complexity index is 444. The quantitative estimate of drug-likeness (QED) is 0.686. The van der Waals surface area contributed by atoms with Crippen molar-refractivity contribution in [1.29, 1.82) is 0 Å². The Morgan fingerprint density at radius 1 is 1.53 bits per heavy atom. The third kappa shape index (κ3) is 3.85. The second kappa shape index (κ2) is 6.39. The summed E-state index contributed by atoms with van der Waals surface area (Å²) >= 11 is 3.32. The maximum atomic E-state index is 11.9. The second-order valence-electron chi connectivity index (χ2n) is 3.49. The van der Waals surface area contributed by atoms with Crippen LogP contribution in [0, 0.1) is 0 Å². The molecule has 0 aliphatic heterocycles. The van der Waals surface area contributed by atoms with Gasteiger partial charge in [0.2, 0.25) is 0 Å². The maximum Gasteiger partial charge on any atom is 0.272 e. The average Bonchev–Trinajstić information content (AvgIpc) is 2.36. The molecule has 0 heterocycles. The first kappa shape index (κ1) is 13.7. The minimum absolute atomic E-state index is 0.261. The van der Waals surface area contributed by atoms with Crippen molar-refractivity contribution >= 4 is 27.5 Å². The fraction of sp³-hybridized carbons (Fsp3) is 0.333. The van der Waals surface area contributed by atoms with Gasteiger partial charge in [0.05, 0.1) is 12.7 Å². The molecule has 1 amide bonds. The molecule has 0 atom stereocenters. The summed E-state index contributed by atoms with van der Waals surface area (Å²) in [5, 5.41) is 3.97. The largest absolute Gasteiger partial charge is 0.497 e. The van der Waals surface area contributed by atoms with E-state index in [1.54, 1.807) is 25.3 Å². The summed E-state index contributed by atoms with van der Waals surface area (Å²) in [4.78, 5) is 11.9. The van der Waals surface area contributed by atoms with E-state index in [0.29, 0.717) is 15.8 Å². The van der Waals surface area contributed by atoms with E-state index in [1.807, 2.05) is 13.8 Å². The van der Waals surface area contributed by atoms with Crippen molar-refractivity contribution in [2.45, 2.75) is 20.3 Å². The van der Waals surface area contributed by atoms with Crippen molar-refractivity contribution in [3.8, 4) is 5.75 Å². The number of nitrogens with zero attached hydrogens (tertiary/aromatic N) is 1. The van der Waals surface area contributed by atoms with Gasteiger partial charge >= 0.3 is 0 Å². The standard InChI is InChI=1S/C12H15BrN2O2/c1-4-8(2)14-15-12(16)10-7-9(17-3)5-6-11(10)13/h5-7H,4H2,1-3H3,(H,15,16)/b14-8+. The Balaban J connectivity index is 2.88. The topological polar surface area (TPSA) is 50.7 Å². The highest BCUT2D eigenvalue weighted by Gasteiger charge is 2.10. The first-order valence-corrected chi connectivity index (χ1v) is 6.04. The maximum absolute atomic E-state index is 11.9. The van der Waals surface area contributed by atoms with Crippen LogP contribution in [0.15, 0.2) is 27.8 Å². The van der Waals surface area contributed by atoms with Gasteiger partial charge in [-0.1, -0.05) is 6.92 Å². The van der Waals surface area contributed by atoms with Crippen LogP contribution in [-0.2, 0) is 0 Å². The number of hydrogen-bond donors (Lipinski definition) is 1. The van der Waals surface area contributed by atoms with Crippen LogP contribution in [0.2, 0.25) is 0 Å². The Labute approximate surface area is 109 Å². The highest BCUT2D eigenvalue weighted by Crippen LogP contribution is 2.22. The Kier molecular flexibility index (Phi) is 5.15. The van der Waals surface area contributed by atoms with Gasteiger partial charge in [0.25, 0.3) is 5.91 Å². The van der Waals surface area contributed by atoms with Gasteiger partial charge in [-0.15, -0.1) is 0 Å². The Morgan fingerprint density at radius 3 is 2.82 bits per heavy atom. The molecule has 1 aromatic rings. The van der Waals surface area contributed by atoms with Gasteiger partial charge < -0.3 is 4.74 Å². The van der Waals surface area contributed by atoms with Gasteiger partial charge in [0, 0.05) is 10.2 Å². The third-order valence-electron chi connectivity index (χ3n) is 2.28. The predicted molar refractivity (Wildman–Crippen MR) is 71.6 cm³/mol. The third-order valence-corrected chi connectivity index (χ3v) is 2.97. The number of halogens is 1. The predicted octanol–water partition coefficient (Wildman–Crippen LogP) is 2.97. The molecule has 0 aromatic heterocycles. The molecule has 0 fully saturated rings. The van der Waals surface area contributed by atoms with Crippen molar-refractivity contribution in [1.82, 2.24) is 5.43 Å². The van der Waals surface area contributed by atoms with Gasteiger partial charge in [0.1, 0.15) is 5.75 Å². The molecular formula is C12H15BrN2O2. The number of rotatable bonds is 4. The molecule has 0 radical (unpaired) electrons. The number of amides is 1.